The summed E-state index contributed by atoms with van der Waals surface area (Å²) in [6.07, 6.45) is 1.60. The van der Waals surface area contributed by atoms with Crippen LogP contribution in [0.25, 0.3) is 10.6 Å². The fraction of sp³-hybridized carbons (Fsp3) is 0.278. The Labute approximate surface area is 139 Å². The normalized spacial score (nSPS) is 13.8. The van der Waals surface area contributed by atoms with Crippen LogP contribution in [0, 0.1) is 0 Å². The highest BCUT2D eigenvalue weighted by Gasteiger charge is 2.14. The van der Waals surface area contributed by atoms with Crippen molar-refractivity contribution in [2.24, 2.45) is 0 Å². The standard InChI is InChI=1S/C18H20N2O2S/c1-13(10-16(21)17-8-5-9-22-17)19-11-15-12-23-18(20-15)14-6-3-2-4-7-14/h2-9,12-13,16,19,21H,10-11H2,1H3. The number of aromatic nitrogens is 1. The van der Waals surface area contributed by atoms with Gasteiger partial charge in [0.2, 0.25) is 0 Å². The van der Waals surface area contributed by atoms with Gasteiger partial charge >= 0.3 is 0 Å². The van der Waals surface area contributed by atoms with Crippen molar-refractivity contribution in [1.29, 1.82) is 0 Å². The predicted octanol–water partition coefficient (Wildman–Crippen LogP) is 4.00. The monoisotopic (exact) mass is 328 g/mol. The van der Waals surface area contributed by atoms with E-state index in [0.717, 1.165) is 16.3 Å². The van der Waals surface area contributed by atoms with Crippen molar-refractivity contribution in [2.45, 2.75) is 32.0 Å². The summed E-state index contributed by atoms with van der Waals surface area (Å²) in [7, 11) is 0. The first-order chi connectivity index (χ1) is 11.2. The van der Waals surface area contributed by atoms with Gasteiger partial charge in [0.15, 0.2) is 0 Å². The lowest BCUT2D eigenvalue weighted by atomic mass is 10.1. The van der Waals surface area contributed by atoms with Crippen molar-refractivity contribution in [1.82, 2.24) is 10.3 Å². The van der Waals surface area contributed by atoms with Gasteiger partial charge in [-0.25, -0.2) is 4.98 Å². The summed E-state index contributed by atoms with van der Waals surface area (Å²) in [5, 5.41) is 16.6. The zero-order valence-electron chi connectivity index (χ0n) is 13.0. The van der Waals surface area contributed by atoms with Crippen LogP contribution < -0.4 is 5.32 Å². The quantitative estimate of drug-likeness (QED) is 0.688. The van der Waals surface area contributed by atoms with Gasteiger partial charge in [0.25, 0.3) is 0 Å². The zero-order chi connectivity index (χ0) is 16.1. The summed E-state index contributed by atoms with van der Waals surface area (Å²) in [4.78, 5) is 4.66. The molecule has 2 N–H and O–H groups in total. The van der Waals surface area contributed by atoms with Crippen molar-refractivity contribution in [3.8, 4) is 10.6 Å². The van der Waals surface area contributed by atoms with Gasteiger partial charge in [0.05, 0.1) is 12.0 Å². The average Bonchev–Trinajstić information content (AvgIpc) is 3.25. The number of furan rings is 1. The Morgan fingerprint density at radius 2 is 2.04 bits per heavy atom. The molecule has 2 atom stereocenters. The number of aliphatic hydroxyl groups is 1. The Morgan fingerprint density at radius 3 is 2.78 bits per heavy atom. The molecule has 2 heterocycles. The molecule has 2 aromatic heterocycles. The fourth-order valence-electron chi connectivity index (χ4n) is 2.40. The summed E-state index contributed by atoms with van der Waals surface area (Å²) in [6, 6.07) is 13.9. The SMILES string of the molecule is CC(CC(O)c1ccco1)NCc1csc(-c2ccccc2)n1. The molecule has 2 unspecified atom stereocenters. The Kier molecular flexibility index (Phi) is 5.23. The molecule has 4 nitrogen and oxygen atoms in total. The molecule has 3 rings (SSSR count). The van der Waals surface area contributed by atoms with E-state index < -0.39 is 6.10 Å². The molecule has 1 aromatic carbocycles. The molecule has 120 valence electrons. The van der Waals surface area contributed by atoms with Crippen molar-refractivity contribution < 1.29 is 9.52 Å². The van der Waals surface area contributed by atoms with Crippen LogP contribution in [0.3, 0.4) is 0 Å². The number of rotatable bonds is 7. The first-order valence-electron chi connectivity index (χ1n) is 7.67. The van der Waals surface area contributed by atoms with Crippen LogP contribution in [0.2, 0.25) is 0 Å². The lowest BCUT2D eigenvalue weighted by molar-refractivity contribution is 0.128. The van der Waals surface area contributed by atoms with E-state index >= 15 is 0 Å². The van der Waals surface area contributed by atoms with Crippen LogP contribution in [0.1, 0.15) is 30.9 Å². The smallest absolute Gasteiger partial charge is 0.132 e. The third-order valence-electron chi connectivity index (χ3n) is 3.65. The van der Waals surface area contributed by atoms with Gasteiger partial charge in [-0.1, -0.05) is 30.3 Å². The molecule has 0 amide bonds. The van der Waals surface area contributed by atoms with Gasteiger partial charge in [-0.3, -0.25) is 0 Å². The maximum absolute atomic E-state index is 10.1. The highest BCUT2D eigenvalue weighted by atomic mass is 32.1. The summed E-state index contributed by atoms with van der Waals surface area (Å²) in [5.41, 5.74) is 2.17. The summed E-state index contributed by atoms with van der Waals surface area (Å²) < 4.78 is 5.22. The third kappa shape index (κ3) is 4.28. The summed E-state index contributed by atoms with van der Waals surface area (Å²) >= 11 is 1.65. The van der Waals surface area contributed by atoms with E-state index in [1.54, 1.807) is 29.7 Å². The van der Waals surface area contributed by atoms with Gasteiger partial charge in [-0.05, 0) is 25.5 Å². The minimum Gasteiger partial charge on any atom is -0.467 e. The number of benzene rings is 1. The molecule has 0 bridgehead atoms. The van der Waals surface area contributed by atoms with E-state index in [-0.39, 0.29) is 6.04 Å². The molecule has 23 heavy (non-hydrogen) atoms. The van der Waals surface area contributed by atoms with Crippen molar-refractivity contribution in [3.05, 3.63) is 65.6 Å². The Hall–Kier alpha value is -1.95. The number of hydrogen-bond acceptors (Lipinski definition) is 5. The maximum atomic E-state index is 10.1. The van der Waals surface area contributed by atoms with E-state index in [1.165, 1.54) is 0 Å². The second kappa shape index (κ2) is 7.55. The number of hydrogen-bond donors (Lipinski definition) is 2. The molecule has 3 aromatic rings. The summed E-state index contributed by atoms with van der Waals surface area (Å²) in [5.74, 6) is 0.610. The number of nitrogens with one attached hydrogen (secondary N) is 1. The lowest BCUT2D eigenvalue weighted by Gasteiger charge is -2.16. The van der Waals surface area contributed by atoms with Gasteiger partial charge in [0, 0.05) is 23.5 Å². The number of nitrogens with zero attached hydrogens (tertiary/aromatic N) is 1. The van der Waals surface area contributed by atoms with E-state index in [1.807, 2.05) is 18.2 Å². The maximum Gasteiger partial charge on any atom is 0.132 e. The molecular formula is C18H20N2O2S. The van der Waals surface area contributed by atoms with Crippen molar-refractivity contribution in [3.63, 3.8) is 0 Å². The van der Waals surface area contributed by atoms with Gasteiger partial charge in [0.1, 0.15) is 16.9 Å². The Morgan fingerprint density at radius 1 is 1.22 bits per heavy atom. The molecule has 0 aliphatic rings. The second-order valence-electron chi connectivity index (χ2n) is 5.56. The molecule has 0 aliphatic carbocycles. The first kappa shape index (κ1) is 15.9. The van der Waals surface area contributed by atoms with E-state index in [2.05, 4.69) is 34.7 Å². The van der Waals surface area contributed by atoms with E-state index in [9.17, 15) is 5.11 Å². The molecule has 0 fully saturated rings. The van der Waals surface area contributed by atoms with Crippen LogP contribution in [0.15, 0.2) is 58.5 Å². The van der Waals surface area contributed by atoms with Gasteiger partial charge in [-0.15, -0.1) is 11.3 Å². The molecule has 0 aliphatic heterocycles. The number of thiazole rings is 1. The van der Waals surface area contributed by atoms with Gasteiger partial charge in [-0.2, -0.15) is 0 Å². The highest BCUT2D eigenvalue weighted by molar-refractivity contribution is 7.13. The Bertz CT molecular complexity index is 710. The summed E-state index contributed by atoms with van der Waals surface area (Å²) in [6.45, 7) is 2.74. The molecule has 0 radical (unpaired) electrons. The molecule has 5 heteroatoms. The largest absolute Gasteiger partial charge is 0.467 e. The lowest BCUT2D eigenvalue weighted by Crippen LogP contribution is -2.27. The predicted molar refractivity (Wildman–Crippen MR) is 92.1 cm³/mol. The zero-order valence-corrected chi connectivity index (χ0v) is 13.8. The van der Waals surface area contributed by atoms with E-state index in [0.29, 0.717) is 18.7 Å². The minimum absolute atomic E-state index is 0.164. The first-order valence-corrected chi connectivity index (χ1v) is 8.55. The third-order valence-corrected chi connectivity index (χ3v) is 4.59. The minimum atomic E-state index is -0.581. The fourth-order valence-corrected chi connectivity index (χ4v) is 3.22. The van der Waals surface area contributed by atoms with Crippen LogP contribution in [-0.2, 0) is 6.54 Å². The van der Waals surface area contributed by atoms with Crippen LogP contribution in [0.4, 0.5) is 0 Å². The average molecular weight is 328 g/mol. The van der Waals surface area contributed by atoms with Gasteiger partial charge < -0.3 is 14.8 Å². The number of aliphatic hydroxyl groups excluding tert-OH is 1. The second-order valence-corrected chi connectivity index (χ2v) is 6.42. The topological polar surface area (TPSA) is 58.3 Å². The van der Waals surface area contributed by atoms with Crippen LogP contribution in [0.5, 0.6) is 0 Å². The molecule has 0 saturated heterocycles. The van der Waals surface area contributed by atoms with Crippen molar-refractivity contribution in [2.75, 3.05) is 0 Å². The van der Waals surface area contributed by atoms with E-state index in [4.69, 9.17) is 4.42 Å². The molecular weight excluding hydrogens is 308 g/mol. The van der Waals surface area contributed by atoms with Crippen LogP contribution >= 0.6 is 11.3 Å². The highest BCUT2D eigenvalue weighted by Crippen LogP contribution is 2.23. The van der Waals surface area contributed by atoms with Crippen molar-refractivity contribution >= 4 is 11.3 Å². The van der Waals surface area contributed by atoms with Crippen LogP contribution in [-0.4, -0.2) is 16.1 Å². The molecule has 0 saturated carbocycles. The molecule has 0 spiro atoms. The Balaban J connectivity index is 1.51.